The van der Waals surface area contributed by atoms with E-state index in [-0.39, 0.29) is 17.5 Å². The summed E-state index contributed by atoms with van der Waals surface area (Å²) in [5.41, 5.74) is 1.63. The zero-order valence-electron chi connectivity index (χ0n) is 15.2. The van der Waals surface area contributed by atoms with Crippen molar-refractivity contribution in [1.82, 2.24) is 4.90 Å². The van der Waals surface area contributed by atoms with Crippen molar-refractivity contribution in [2.24, 2.45) is 5.92 Å². The quantitative estimate of drug-likeness (QED) is 0.673. The lowest BCUT2D eigenvalue weighted by Crippen LogP contribution is -2.38. The summed E-state index contributed by atoms with van der Waals surface area (Å²) < 4.78 is 34.2. The van der Waals surface area contributed by atoms with Crippen molar-refractivity contribution >= 4 is 5.78 Å². The van der Waals surface area contributed by atoms with Crippen LogP contribution in [0.2, 0.25) is 0 Å². The lowest BCUT2D eigenvalue weighted by molar-refractivity contribution is -0.0498. The number of hydrogen-bond donors (Lipinski definition) is 0. The van der Waals surface area contributed by atoms with Crippen LogP contribution in [-0.4, -0.2) is 37.5 Å². The topological polar surface area (TPSA) is 38.8 Å². The van der Waals surface area contributed by atoms with E-state index in [0.29, 0.717) is 24.4 Å². The first-order chi connectivity index (χ1) is 13.1. The number of carbonyl (C=O) groups is 1. The predicted octanol–water partition coefficient (Wildman–Crippen LogP) is 4.39. The van der Waals surface area contributed by atoms with Gasteiger partial charge in [0, 0.05) is 19.0 Å². The van der Waals surface area contributed by atoms with Crippen molar-refractivity contribution in [2.45, 2.75) is 26.0 Å². The molecule has 0 aliphatic carbocycles. The first-order valence-corrected chi connectivity index (χ1v) is 9.00. The second-order valence-corrected chi connectivity index (χ2v) is 6.66. The molecule has 1 atom stereocenters. The Hall–Kier alpha value is -2.47. The van der Waals surface area contributed by atoms with E-state index in [9.17, 15) is 13.6 Å². The van der Waals surface area contributed by atoms with E-state index >= 15 is 0 Å². The Bertz CT molecular complexity index is 764. The summed E-state index contributed by atoms with van der Waals surface area (Å²) in [6.07, 6.45) is 1.80. The number of para-hydroxylation sites is 1. The van der Waals surface area contributed by atoms with E-state index in [1.165, 1.54) is 0 Å². The highest BCUT2D eigenvalue weighted by Crippen LogP contribution is 2.27. The Morgan fingerprint density at radius 3 is 2.63 bits per heavy atom. The van der Waals surface area contributed by atoms with Crippen LogP contribution in [0.25, 0.3) is 0 Å². The minimum atomic E-state index is -2.82. The van der Waals surface area contributed by atoms with Crippen LogP contribution < -0.4 is 9.47 Å². The maximum atomic E-state index is 12.9. The zero-order valence-corrected chi connectivity index (χ0v) is 15.2. The fourth-order valence-electron chi connectivity index (χ4n) is 3.52. The molecule has 144 valence electrons. The molecule has 0 spiro atoms. The van der Waals surface area contributed by atoms with Crippen LogP contribution in [0.3, 0.4) is 0 Å². The minimum absolute atomic E-state index is 0.0727. The number of piperidine rings is 1. The number of alkyl halides is 2. The zero-order chi connectivity index (χ0) is 19.2. The number of nitrogens with zero attached hydrogens (tertiary/aromatic N) is 1. The fourth-order valence-corrected chi connectivity index (χ4v) is 3.52. The van der Waals surface area contributed by atoms with Gasteiger partial charge in [-0.15, -0.1) is 0 Å². The molecule has 1 aliphatic rings. The van der Waals surface area contributed by atoms with Crippen LogP contribution in [0.5, 0.6) is 11.5 Å². The molecule has 1 saturated heterocycles. The van der Waals surface area contributed by atoms with Crippen LogP contribution >= 0.6 is 0 Å². The third kappa shape index (κ3) is 5.04. The van der Waals surface area contributed by atoms with Gasteiger partial charge < -0.3 is 9.47 Å². The number of ether oxygens (including phenoxy) is 2. The van der Waals surface area contributed by atoms with Gasteiger partial charge in [-0.3, -0.25) is 9.69 Å². The number of Topliss-reactive ketones (excluding diaryl/α,β-unsaturated/α-hetero) is 1. The Labute approximate surface area is 157 Å². The molecule has 2 aromatic carbocycles. The average Bonchev–Trinajstić information content (AvgIpc) is 2.69. The molecule has 1 unspecified atom stereocenters. The molecule has 4 nitrogen and oxygen atoms in total. The smallest absolute Gasteiger partial charge is 0.387 e. The molecule has 0 N–H and O–H groups in total. The van der Waals surface area contributed by atoms with E-state index < -0.39 is 6.61 Å². The first-order valence-electron chi connectivity index (χ1n) is 9.00. The summed E-state index contributed by atoms with van der Waals surface area (Å²) in [7, 11) is 1.57. The predicted molar refractivity (Wildman–Crippen MR) is 98.4 cm³/mol. The number of carbonyl (C=O) groups excluding carboxylic acids is 1. The summed E-state index contributed by atoms with van der Waals surface area (Å²) in [4.78, 5) is 15.2. The molecule has 3 rings (SSSR count). The number of halogens is 2. The Morgan fingerprint density at radius 1 is 1.19 bits per heavy atom. The number of rotatable bonds is 7. The monoisotopic (exact) mass is 375 g/mol. The van der Waals surface area contributed by atoms with Crippen LogP contribution in [-0.2, 0) is 6.54 Å². The average molecular weight is 375 g/mol. The molecule has 6 heteroatoms. The van der Waals surface area contributed by atoms with E-state index in [2.05, 4.69) is 9.64 Å². The van der Waals surface area contributed by atoms with Crippen LogP contribution in [0.4, 0.5) is 8.78 Å². The normalized spacial score (nSPS) is 17.7. The largest absolute Gasteiger partial charge is 0.496 e. The number of methoxy groups -OCH3 is 1. The lowest BCUT2D eigenvalue weighted by atomic mass is 9.89. The molecule has 0 bridgehead atoms. The number of likely N-dealkylation sites (tertiary alicyclic amines) is 1. The highest BCUT2D eigenvalue weighted by molar-refractivity contribution is 6.00. The van der Waals surface area contributed by atoms with Crippen LogP contribution in [0.15, 0.2) is 48.5 Å². The maximum absolute atomic E-state index is 12.9. The first kappa shape index (κ1) is 19.3. The van der Waals surface area contributed by atoms with Crippen LogP contribution in [0.1, 0.15) is 28.8 Å². The molecular formula is C21H23F2NO3. The van der Waals surface area contributed by atoms with Gasteiger partial charge in [-0.05, 0) is 49.2 Å². The molecule has 0 saturated carbocycles. The molecule has 1 aliphatic heterocycles. The number of benzene rings is 2. The summed E-state index contributed by atoms with van der Waals surface area (Å²) >= 11 is 0. The second-order valence-electron chi connectivity index (χ2n) is 6.66. The van der Waals surface area contributed by atoms with Gasteiger partial charge in [0.15, 0.2) is 5.78 Å². The van der Waals surface area contributed by atoms with Gasteiger partial charge >= 0.3 is 6.61 Å². The van der Waals surface area contributed by atoms with Gasteiger partial charge in [0.2, 0.25) is 0 Å². The van der Waals surface area contributed by atoms with Crippen molar-refractivity contribution < 1.29 is 23.0 Å². The molecular weight excluding hydrogens is 352 g/mol. The minimum Gasteiger partial charge on any atom is -0.496 e. The molecule has 1 heterocycles. The highest BCUT2D eigenvalue weighted by Gasteiger charge is 2.28. The fraction of sp³-hybridized carbons (Fsp3) is 0.381. The maximum Gasteiger partial charge on any atom is 0.387 e. The van der Waals surface area contributed by atoms with Crippen molar-refractivity contribution in [3.63, 3.8) is 0 Å². The second kappa shape index (κ2) is 8.95. The van der Waals surface area contributed by atoms with Crippen molar-refractivity contribution in [3.05, 3.63) is 59.7 Å². The number of hydrogen-bond acceptors (Lipinski definition) is 4. The standard InChI is InChI=1S/C21H23F2NO3/c1-26-19-7-3-2-6-18(19)20(25)16-5-4-12-24(14-16)13-15-8-10-17(11-9-15)27-21(22)23/h2-3,6-11,16,21H,4-5,12-14H2,1H3. The van der Waals surface area contributed by atoms with E-state index in [1.54, 1.807) is 37.4 Å². The Balaban J connectivity index is 1.63. The van der Waals surface area contributed by atoms with Crippen molar-refractivity contribution in [2.75, 3.05) is 20.2 Å². The Kier molecular flexibility index (Phi) is 6.40. The molecule has 0 aromatic heterocycles. The summed E-state index contributed by atoms with van der Waals surface area (Å²) in [5.74, 6) is 0.792. The highest BCUT2D eigenvalue weighted by atomic mass is 19.3. The van der Waals surface area contributed by atoms with E-state index in [0.717, 1.165) is 24.9 Å². The van der Waals surface area contributed by atoms with Gasteiger partial charge in [-0.2, -0.15) is 8.78 Å². The molecule has 2 aromatic rings. The van der Waals surface area contributed by atoms with Gasteiger partial charge in [0.1, 0.15) is 11.5 Å². The van der Waals surface area contributed by atoms with E-state index in [4.69, 9.17) is 4.74 Å². The third-order valence-corrected chi connectivity index (χ3v) is 4.80. The van der Waals surface area contributed by atoms with Crippen molar-refractivity contribution in [1.29, 1.82) is 0 Å². The summed E-state index contributed by atoms with van der Waals surface area (Å²) in [6, 6.07) is 14.0. The lowest BCUT2D eigenvalue weighted by Gasteiger charge is -2.32. The van der Waals surface area contributed by atoms with Crippen LogP contribution in [0, 0.1) is 5.92 Å². The molecule has 27 heavy (non-hydrogen) atoms. The van der Waals surface area contributed by atoms with Gasteiger partial charge in [0.05, 0.1) is 12.7 Å². The number of ketones is 1. The molecule has 1 fully saturated rings. The SMILES string of the molecule is COc1ccccc1C(=O)C1CCCN(Cc2ccc(OC(F)F)cc2)C1. The van der Waals surface area contributed by atoms with Gasteiger partial charge in [-0.25, -0.2) is 0 Å². The summed E-state index contributed by atoms with van der Waals surface area (Å²) in [5, 5.41) is 0. The molecule has 0 amide bonds. The third-order valence-electron chi connectivity index (χ3n) is 4.80. The van der Waals surface area contributed by atoms with Gasteiger partial charge in [0.25, 0.3) is 0 Å². The van der Waals surface area contributed by atoms with E-state index in [1.807, 2.05) is 18.2 Å². The summed E-state index contributed by atoms with van der Waals surface area (Å²) in [6.45, 7) is -0.568. The molecule has 0 radical (unpaired) electrons. The Morgan fingerprint density at radius 2 is 1.93 bits per heavy atom. The van der Waals surface area contributed by atoms with Gasteiger partial charge in [-0.1, -0.05) is 24.3 Å². The van der Waals surface area contributed by atoms with Crippen molar-refractivity contribution in [3.8, 4) is 11.5 Å².